The lowest BCUT2D eigenvalue weighted by atomic mass is 10.2. The van der Waals surface area contributed by atoms with Gasteiger partial charge in [0.2, 0.25) is 16.7 Å². The van der Waals surface area contributed by atoms with Gasteiger partial charge in [-0.25, -0.2) is 0 Å². The van der Waals surface area contributed by atoms with E-state index in [1.807, 2.05) is 12.1 Å². The second-order valence-corrected chi connectivity index (χ2v) is 4.24. The Labute approximate surface area is 115 Å². The Balaban J connectivity index is 0.00000120. The number of nitrogens with two attached hydrogens (primary N) is 1. The number of para-hydroxylation sites is 1. The van der Waals surface area contributed by atoms with E-state index in [1.54, 1.807) is 0 Å². The predicted molar refractivity (Wildman–Crippen MR) is 76.0 cm³/mol. The summed E-state index contributed by atoms with van der Waals surface area (Å²) in [5.74, 6) is 0.955. The van der Waals surface area contributed by atoms with E-state index in [0.29, 0.717) is 11.9 Å². The molecule has 0 amide bonds. The predicted octanol–water partition coefficient (Wildman–Crippen LogP) is 2.23. The van der Waals surface area contributed by atoms with Crippen molar-refractivity contribution in [2.45, 2.75) is 6.42 Å². The number of aromatic nitrogens is 3. The molecular formula is C11H12ClN5S. The highest BCUT2D eigenvalue weighted by molar-refractivity contribution is 7.71. The second kappa shape index (κ2) is 4.91. The van der Waals surface area contributed by atoms with Crippen molar-refractivity contribution in [3.8, 4) is 0 Å². The summed E-state index contributed by atoms with van der Waals surface area (Å²) >= 11 is 4.97. The van der Waals surface area contributed by atoms with Crippen LogP contribution in [0.3, 0.4) is 0 Å². The molecule has 0 saturated heterocycles. The van der Waals surface area contributed by atoms with Crippen molar-refractivity contribution in [3.05, 3.63) is 34.6 Å². The molecule has 5 nitrogen and oxygen atoms in total. The number of nitrogens with zero attached hydrogens (tertiary/aromatic N) is 3. The van der Waals surface area contributed by atoms with Crippen LogP contribution in [0.15, 0.2) is 24.3 Å². The summed E-state index contributed by atoms with van der Waals surface area (Å²) in [5, 5.41) is 0. The largest absolute Gasteiger partial charge is 0.369 e. The summed E-state index contributed by atoms with van der Waals surface area (Å²) in [6, 6.07) is 8.24. The fourth-order valence-electron chi connectivity index (χ4n) is 2.08. The van der Waals surface area contributed by atoms with E-state index in [4.69, 9.17) is 18.0 Å². The zero-order chi connectivity index (χ0) is 11.8. The molecule has 7 heteroatoms. The molecule has 0 fully saturated rings. The van der Waals surface area contributed by atoms with Crippen LogP contribution in [0.25, 0.3) is 0 Å². The maximum absolute atomic E-state index is 5.65. The number of nitrogen functional groups attached to an aromatic ring is 1. The SMILES string of the molecule is Cl.Nc1nc(=S)nc(N2CCc3ccccc32)[nH]1. The molecule has 1 aliphatic rings. The van der Waals surface area contributed by atoms with Crippen molar-refractivity contribution in [1.29, 1.82) is 0 Å². The molecule has 1 aliphatic heterocycles. The average molecular weight is 282 g/mol. The van der Waals surface area contributed by atoms with Gasteiger partial charge in [0.15, 0.2) is 0 Å². The molecule has 18 heavy (non-hydrogen) atoms. The number of anilines is 3. The van der Waals surface area contributed by atoms with Gasteiger partial charge >= 0.3 is 0 Å². The van der Waals surface area contributed by atoms with Crippen LogP contribution in [-0.2, 0) is 6.42 Å². The van der Waals surface area contributed by atoms with Gasteiger partial charge in [-0.05, 0) is 30.3 Å². The van der Waals surface area contributed by atoms with E-state index >= 15 is 0 Å². The van der Waals surface area contributed by atoms with E-state index in [-0.39, 0.29) is 17.2 Å². The van der Waals surface area contributed by atoms with Gasteiger partial charge in [-0.1, -0.05) is 18.2 Å². The van der Waals surface area contributed by atoms with Crippen molar-refractivity contribution in [3.63, 3.8) is 0 Å². The van der Waals surface area contributed by atoms with Crippen LogP contribution in [0.1, 0.15) is 5.56 Å². The molecule has 0 radical (unpaired) electrons. The molecule has 1 aromatic carbocycles. The Hall–Kier alpha value is -1.66. The molecule has 0 unspecified atom stereocenters. The number of H-pyrrole nitrogens is 1. The van der Waals surface area contributed by atoms with Gasteiger partial charge in [-0.3, -0.25) is 4.98 Å². The van der Waals surface area contributed by atoms with Gasteiger partial charge in [0.25, 0.3) is 0 Å². The van der Waals surface area contributed by atoms with Crippen LogP contribution >= 0.6 is 24.6 Å². The number of nitrogens with one attached hydrogen (secondary N) is 1. The van der Waals surface area contributed by atoms with Crippen LogP contribution in [0.2, 0.25) is 0 Å². The Morgan fingerprint density at radius 2 is 2.06 bits per heavy atom. The fraction of sp³-hybridized carbons (Fsp3) is 0.182. The van der Waals surface area contributed by atoms with E-state index < -0.39 is 0 Å². The average Bonchev–Trinajstić information content (AvgIpc) is 2.71. The summed E-state index contributed by atoms with van der Waals surface area (Å²) < 4.78 is 0.264. The summed E-state index contributed by atoms with van der Waals surface area (Å²) in [4.78, 5) is 13.1. The Morgan fingerprint density at radius 1 is 1.28 bits per heavy atom. The van der Waals surface area contributed by atoms with E-state index in [0.717, 1.165) is 18.7 Å². The molecule has 2 aromatic rings. The lowest BCUT2D eigenvalue weighted by Crippen LogP contribution is -2.17. The Morgan fingerprint density at radius 3 is 2.83 bits per heavy atom. The molecule has 0 saturated carbocycles. The van der Waals surface area contributed by atoms with Crippen molar-refractivity contribution in [1.82, 2.24) is 15.0 Å². The Bertz CT molecular complexity index is 627. The van der Waals surface area contributed by atoms with Crippen molar-refractivity contribution in [2.24, 2.45) is 0 Å². The molecular weight excluding hydrogens is 270 g/mol. The minimum Gasteiger partial charge on any atom is -0.369 e. The molecule has 2 heterocycles. The minimum atomic E-state index is 0. The first kappa shape index (κ1) is 12.8. The molecule has 94 valence electrons. The molecule has 0 spiro atoms. The van der Waals surface area contributed by atoms with Crippen molar-refractivity contribution in [2.75, 3.05) is 17.2 Å². The topological polar surface area (TPSA) is 70.8 Å². The van der Waals surface area contributed by atoms with Gasteiger partial charge in [-0.2, -0.15) is 9.97 Å². The maximum atomic E-state index is 5.65. The minimum absolute atomic E-state index is 0. The molecule has 3 rings (SSSR count). The standard InChI is InChI=1S/C11H11N5S.ClH/c12-9-13-10(15-11(17)14-9)16-6-5-7-3-1-2-4-8(7)16;/h1-4H,5-6H2,(H3,12,13,14,15,17);1H. The summed E-state index contributed by atoms with van der Waals surface area (Å²) in [6.45, 7) is 0.876. The van der Waals surface area contributed by atoms with Crippen LogP contribution in [0.5, 0.6) is 0 Å². The normalized spacial score (nSPS) is 13.0. The number of fused-ring (bicyclic) bond motifs is 1. The smallest absolute Gasteiger partial charge is 0.225 e. The first-order valence-corrected chi connectivity index (χ1v) is 5.74. The van der Waals surface area contributed by atoms with Crippen molar-refractivity contribution >= 4 is 42.2 Å². The van der Waals surface area contributed by atoms with Crippen LogP contribution in [0.4, 0.5) is 17.6 Å². The molecule has 3 N–H and O–H groups in total. The van der Waals surface area contributed by atoms with E-state index in [9.17, 15) is 0 Å². The number of hydrogen-bond donors (Lipinski definition) is 2. The lowest BCUT2D eigenvalue weighted by molar-refractivity contribution is 0.916. The van der Waals surface area contributed by atoms with Crippen LogP contribution in [0, 0.1) is 4.77 Å². The molecule has 0 atom stereocenters. The van der Waals surface area contributed by atoms with Gasteiger partial charge in [0, 0.05) is 12.2 Å². The lowest BCUT2D eigenvalue weighted by Gasteiger charge is -2.17. The highest BCUT2D eigenvalue weighted by Crippen LogP contribution is 2.31. The summed E-state index contributed by atoms with van der Waals surface area (Å²) in [5.41, 5.74) is 8.11. The highest BCUT2D eigenvalue weighted by atomic mass is 35.5. The van der Waals surface area contributed by atoms with Gasteiger partial charge in [0.05, 0.1) is 0 Å². The number of hydrogen-bond acceptors (Lipinski definition) is 5. The van der Waals surface area contributed by atoms with Gasteiger partial charge in [0.1, 0.15) is 0 Å². The third kappa shape index (κ3) is 2.16. The number of aromatic amines is 1. The first-order valence-electron chi connectivity index (χ1n) is 5.33. The molecule has 0 aliphatic carbocycles. The third-order valence-electron chi connectivity index (χ3n) is 2.80. The monoisotopic (exact) mass is 281 g/mol. The summed E-state index contributed by atoms with van der Waals surface area (Å²) in [6.07, 6.45) is 1.00. The Kier molecular flexibility index (Phi) is 3.49. The molecule has 0 bridgehead atoms. The van der Waals surface area contributed by atoms with Gasteiger partial charge < -0.3 is 10.6 Å². The van der Waals surface area contributed by atoms with Gasteiger partial charge in [-0.15, -0.1) is 12.4 Å². The van der Waals surface area contributed by atoms with Crippen LogP contribution < -0.4 is 10.6 Å². The molecule has 1 aromatic heterocycles. The fourth-order valence-corrected chi connectivity index (χ4v) is 2.26. The van der Waals surface area contributed by atoms with Crippen molar-refractivity contribution < 1.29 is 0 Å². The zero-order valence-corrected chi connectivity index (χ0v) is 11.1. The third-order valence-corrected chi connectivity index (χ3v) is 2.98. The number of halogens is 1. The van der Waals surface area contributed by atoms with Crippen LogP contribution in [-0.4, -0.2) is 21.5 Å². The first-order chi connectivity index (χ1) is 8.24. The highest BCUT2D eigenvalue weighted by Gasteiger charge is 2.21. The number of rotatable bonds is 1. The second-order valence-electron chi connectivity index (χ2n) is 3.87. The quantitative estimate of drug-likeness (QED) is 0.785. The van der Waals surface area contributed by atoms with E-state index in [2.05, 4.69) is 32.0 Å². The number of benzene rings is 1. The van der Waals surface area contributed by atoms with E-state index in [1.165, 1.54) is 5.56 Å². The maximum Gasteiger partial charge on any atom is 0.225 e. The summed E-state index contributed by atoms with van der Waals surface area (Å²) in [7, 11) is 0. The zero-order valence-electron chi connectivity index (χ0n) is 9.46.